The molecule has 3 aromatic rings. The number of hydrogen-bond acceptors (Lipinski definition) is 12. The highest BCUT2D eigenvalue weighted by atomic mass is 28.5. The molecule has 5 rings (SSSR count). The van der Waals surface area contributed by atoms with Crippen molar-refractivity contribution in [2.24, 2.45) is 5.73 Å². The number of ether oxygens (including phenoxy) is 4. The molecule has 2 saturated heterocycles. The van der Waals surface area contributed by atoms with Crippen LogP contribution in [0.5, 0.6) is 0 Å². The number of anilines is 1. The highest BCUT2D eigenvalue weighted by molar-refractivity contribution is 6.84. The molecule has 16 heteroatoms. The molecule has 1 unspecified atom stereocenters. The Kier molecular flexibility index (Phi) is 13.0. The van der Waals surface area contributed by atoms with Crippen molar-refractivity contribution in [3.63, 3.8) is 0 Å². The molecular weight excluding hydrogens is 677 g/mol. The van der Waals surface area contributed by atoms with Gasteiger partial charge in [-0.15, -0.1) is 0 Å². The van der Waals surface area contributed by atoms with Crippen LogP contribution in [0.4, 0.5) is 5.82 Å². The van der Waals surface area contributed by atoms with E-state index in [1.807, 2.05) is 10.6 Å². The number of rotatable bonds is 15. The van der Waals surface area contributed by atoms with Gasteiger partial charge in [0.15, 0.2) is 23.2 Å². The Balaban J connectivity index is 1.51. The number of nitrogens with two attached hydrogens (primary N) is 1. The first kappa shape index (κ1) is 38.6. The van der Waals surface area contributed by atoms with E-state index in [4.69, 9.17) is 37.6 Å². The van der Waals surface area contributed by atoms with Crippen LogP contribution in [0.25, 0.3) is 11.2 Å². The molecule has 0 spiro atoms. The summed E-state index contributed by atoms with van der Waals surface area (Å²) in [5, 5.41) is 2.88. The second-order valence-corrected chi connectivity index (χ2v) is 22.9. The molecule has 2 aliphatic heterocycles. The molecule has 0 aliphatic carbocycles. The summed E-state index contributed by atoms with van der Waals surface area (Å²) in [6, 6.07) is 8.94. The molecule has 276 valence electrons. The largest absolute Gasteiger partial charge is 0.414 e. The summed E-state index contributed by atoms with van der Waals surface area (Å²) in [6.07, 6.45) is 0.634. The fourth-order valence-corrected chi connectivity index (χ4v) is 18.1. The fraction of sp³-hybridized carbons (Fsp3) is 0.647. The Morgan fingerprint density at radius 2 is 1.62 bits per heavy atom. The number of carbonyl (C=O) groups excluding carboxylic acids is 1. The van der Waals surface area contributed by atoms with Gasteiger partial charge in [-0.1, -0.05) is 73.6 Å². The average molecular weight is 731 g/mol. The summed E-state index contributed by atoms with van der Waals surface area (Å²) in [4.78, 5) is 26.6. The second-order valence-electron chi connectivity index (χ2n) is 14.0. The quantitative estimate of drug-likeness (QED) is 0.119. The highest BCUT2D eigenvalue weighted by Gasteiger charge is 2.62. The Hall–Kier alpha value is -2.65. The molecule has 1 aromatic carbocycles. The molecule has 1 amide bonds. The Morgan fingerprint density at radius 3 is 2.28 bits per heavy atom. The number of fused-ring (bicyclic) bond motifs is 2. The molecule has 4 atom stereocenters. The number of carbonyl (C=O) groups is 1. The van der Waals surface area contributed by atoms with Crippen molar-refractivity contribution in [1.29, 1.82) is 0 Å². The zero-order valence-corrected chi connectivity index (χ0v) is 32.5. The number of imidazole rings is 1. The molecule has 2 aromatic heterocycles. The topological polar surface area (TPSA) is 163 Å². The monoisotopic (exact) mass is 730 g/mol. The standard InChI is InChI=1S/C34H54N6O8Si2/c1-22(2)49(23(3)4)45-18-27-29(47-50(48-49,24(5)6)25(7)8)30(44-21-43-17-16-42-15-14-35)34(46-27)40-20-38-28-31(36-19-37-32(28)40)39-33(41)26-12-10-9-11-13-26/h9-13,19-20,22-25,27,29-30,34H,14-18,21,35H2,1-8H3,(H,36,37,39,41)/t27-,29?,30+,34-/m1/s1. The smallest absolute Gasteiger partial charge is 0.335 e. The van der Waals surface area contributed by atoms with Crippen molar-refractivity contribution in [3.8, 4) is 0 Å². The van der Waals surface area contributed by atoms with Crippen molar-refractivity contribution in [2.75, 3.05) is 45.1 Å². The van der Waals surface area contributed by atoms with Crippen LogP contribution in [-0.4, -0.2) is 101 Å². The van der Waals surface area contributed by atoms with Gasteiger partial charge in [-0.3, -0.25) is 9.36 Å². The van der Waals surface area contributed by atoms with Crippen molar-refractivity contribution in [3.05, 3.63) is 48.5 Å². The van der Waals surface area contributed by atoms with Crippen LogP contribution in [0, 0.1) is 0 Å². The number of benzene rings is 1. The molecule has 14 nitrogen and oxygen atoms in total. The third-order valence-corrected chi connectivity index (χ3v) is 19.7. The summed E-state index contributed by atoms with van der Waals surface area (Å²) < 4.78 is 48.3. The Morgan fingerprint density at radius 1 is 0.940 bits per heavy atom. The third kappa shape index (κ3) is 7.89. The van der Waals surface area contributed by atoms with Crippen LogP contribution < -0.4 is 11.1 Å². The lowest BCUT2D eigenvalue weighted by Gasteiger charge is -2.51. The van der Waals surface area contributed by atoms with E-state index in [0.29, 0.717) is 43.1 Å². The molecule has 50 heavy (non-hydrogen) atoms. The highest BCUT2D eigenvalue weighted by Crippen LogP contribution is 2.49. The van der Waals surface area contributed by atoms with E-state index in [1.165, 1.54) is 6.33 Å². The van der Waals surface area contributed by atoms with Gasteiger partial charge in [0.05, 0.1) is 32.8 Å². The van der Waals surface area contributed by atoms with E-state index >= 15 is 0 Å². The molecule has 2 aliphatic rings. The predicted molar refractivity (Wildman–Crippen MR) is 193 cm³/mol. The van der Waals surface area contributed by atoms with E-state index < -0.39 is 41.7 Å². The van der Waals surface area contributed by atoms with Crippen LogP contribution in [0.1, 0.15) is 72.0 Å². The maximum absolute atomic E-state index is 13.0. The van der Waals surface area contributed by atoms with Crippen LogP contribution in [-0.2, 0) is 31.9 Å². The fourth-order valence-electron chi connectivity index (χ4n) is 6.91. The number of nitrogens with zero attached hydrogens (tertiary/aromatic N) is 4. The lowest BCUT2D eigenvalue weighted by Crippen LogP contribution is -2.66. The van der Waals surface area contributed by atoms with E-state index in [9.17, 15) is 4.79 Å². The van der Waals surface area contributed by atoms with Gasteiger partial charge >= 0.3 is 17.1 Å². The lowest BCUT2D eigenvalue weighted by molar-refractivity contribution is -0.142. The van der Waals surface area contributed by atoms with Gasteiger partial charge in [-0.05, 0) is 34.3 Å². The van der Waals surface area contributed by atoms with Crippen LogP contribution in [0.3, 0.4) is 0 Å². The van der Waals surface area contributed by atoms with Gasteiger partial charge in [-0.2, -0.15) is 0 Å². The third-order valence-electron chi connectivity index (χ3n) is 9.50. The van der Waals surface area contributed by atoms with Crippen molar-refractivity contribution in [2.45, 2.75) is 102 Å². The lowest BCUT2D eigenvalue weighted by atomic mass is 10.1. The molecular formula is C34H54N6O8Si2. The molecule has 0 saturated carbocycles. The molecule has 2 fully saturated rings. The van der Waals surface area contributed by atoms with Crippen LogP contribution >= 0.6 is 0 Å². The maximum atomic E-state index is 13.0. The normalized spacial score (nSPS) is 23.5. The SMILES string of the molecule is CC(C)[Si]1(C(C)C)OC[C@H]2O[C@@H](n3cnc4c(NC(=O)c5ccccc5)ncnc43)[C@@H](OCOCCOCCN)C2O[Si](C(C)C)(C(C)C)O1. The first-order chi connectivity index (χ1) is 23.9. The van der Waals surface area contributed by atoms with Gasteiger partial charge in [0, 0.05) is 12.1 Å². The summed E-state index contributed by atoms with van der Waals surface area (Å²) >= 11 is 0. The summed E-state index contributed by atoms with van der Waals surface area (Å²) in [5.41, 5.74) is 7.52. The zero-order chi connectivity index (χ0) is 36.1. The maximum Gasteiger partial charge on any atom is 0.335 e. The molecule has 0 radical (unpaired) electrons. The van der Waals surface area contributed by atoms with Gasteiger partial charge in [0.2, 0.25) is 0 Å². The number of amides is 1. The average Bonchev–Trinajstić information content (AvgIpc) is 3.65. The predicted octanol–water partition coefficient (Wildman–Crippen LogP) is 5.27. The number of aromatic nitrogens is 4. The summed E-state index contributed by atoms with van der Waals surface area (Å²) in [7, 11) is -5.80. The summed E-state index contributed by atoms with van der Waals surface area (Å²) in [6.45, 7) is 19.4. The van der Waals surface area contributed by atoms with Gasteiger partial charge in [-0.25, -0.2) is 15.0 Å². The minimum absolute atomic E-state index is 0.0284. The van der Waals surface area contributed by atoms with Gasteiger partial charge in [0.25, 0.3) is 5.91 Å². The van der Waals surface area contributed by atoms with Crippen LogP contribution in [0.15, 0.2) is 43.0 Å². The molecule has 3 N–H and O–H groups in total. The minimum atomic E-state index is -3.00. The van der Waals surface area contributed by atoms with E-state index in [-0.39, 0.29) is 47.3 Å². The number of nitrogens with one attached hydrogen (secondary N) is 1. The first-order valence-corrected chi connectivity index (χ1v) is 21.6. The molecule has 0 bridgehead atoms. The zero-order valence-electron chi connectivity index (χ0n) is 30.5. The van der Waals surface area contributed by atoms with Crippen molar-refractivity contribution in [1.82, 2.24) is 19.5 Å². The second kappa shape index (κ2) is 16.8. The van der Waals surface area contributed by atoms with Crippen molar-refractivity contribution >= 4 is 40.0 Å². The van der Waals surface area contributed by atoms with Gasteiger partial charge in [0.1, 0.15) is 31.4 Å². The first-order valence-electron chi connectivity index (χ1n) is 17.6. The van der Waals surface area contributed by atoms with E-state index in [2.05, 4.69) is 75.7 Å². The van der Waals surface area contributed by atoms with Gasteiger partial charge < -0.3 is 43.0 Å². The van der Waals surface area contributed by atoms with Crippen LogP contribution in [0.2, 0.25) is 22.2 Å². The minimum Gasteiger partial charge on any atom is -0.414 e. The Bertz CT molecular complexity index is 1530. The van der Waals surface area contributed by atoms with Crippen molar-refractivity contribution < 1.29 is 36.7 Å². The van der Waals surface area contributed by atoms with E-state index in [1.54, 1.807) is 30.6 Å². The summed E-state index contributed by atoms with van der Waals surface area (Å²) in [5.74, 6) is -0.0182. The molecule has 4 heterocycles. The van der Waals surface area contributed by atoms with E-state index in [0.717, 1.165) is 0 Å². The number of hydrogen-bond donors (Lipinski definition) is 2. The Labute approximate surface area is 297 Å².